The lowest BCUT2D eigenvalue weighted by molar-refractivity contribution is -0.115. The van der Waals surface area contributed by atoms with Crippen LogP contribution in [0.2, 0.25) is 0 Å². The van der Waals surface area contributed by atoms with Crippen molar-refractivity contribution in [3.63, 3.8) is 0 Å². The number of aliphatic hydroxyl groups excluding tert-OH is 4. The first-order chi connectivity index (χ1) is 20.5. The molecule has 9 atom stereocenters. The van der Waals surface area contributed by atoms with Crippen LogP contribution in [-0.4, -0.2) is 73.2 Å². The molecule has 0 fully saturated rings. The van der Waals surface area contributed by atoms with Gasteiger partial charge in [-0.25, -0.2) is 0 Å². The highest BCUT2D eigenvalue weighted by molar-refractivity contribution is 6.30. The molecular formula is C34H43NO9. The molecule has 0 saturated carbocycles. The molecule has 44 heavy (non-hydrogen) atoms. The summed E-state index contributed by atoms with van der Waals surface area (Å²) < 4.78 is 0. The second-order valence-corrected chi connectivity index (χ2v) is 12.3. The van der Waals surface area contributed by atoms with Gasteiger partial charge >= 0.3 is 0 Å². The van der Waals surface area contributed by atoms with Gasteiger partial charge in [0.1, 0.15) is 5.75 Å². The van der Waals surface area contributed by atoms with Gasteiger partial charge in [0.25, 0.3) is 0 Å². The summed E-state index contributed by atoms with van der Waals surface area (Å²) in [6.07, 6.45) is 3.60. The molecule has 0 aromatic heterocycles. The zero-order valence-electron chi connectivity index (χ0n) is 26.1. The van der Waals surface area contributed by atoms with Gasteiger partial charge < -0.3 is 30.8 Å². The van der Waals surface area contributed by atoms with Gasteiger partial charge in [0, 0.05) is 52.9 Å². The van der Waals surface area contributed by atoms with E-state index in [1.54, 1.807) is 40.7 Å². The number of phenolic OH excluding ortho intramolecular Hbond substituents is 1. The number of rotatable bonds is 0. The number of carbonyl (C=O) groups excluding carboxylic acids is 4. The van der Waals surface area contributed by atoms with Crippen LogP contribution < -0.4 is 5.32 Å². The predicted octanol–water partition coefficient (Wildman–Crippen LogP) is 2.96. The number of aromatic hydroxyl groups is 1. The quantitative estimate of drug-likeness (QED) is 0.258. The lowest BCUT2D eigenvalue weighted by Crippen LogP contribution is -2.45. The van der Waals surface area contributed by atoms with Crippen LogP contribution in [0.1, 0.15) is 78.2 Å². The van der Waals surface area contributed by atoms with Crippen molar-refractivity contribution in [1.29, 1.82) is 0 Å². The Balaban J connectivity index is 2.13. The number of amides is 1. The van der Waals surface area contributed by atoms with E-state index in [2.05, 4.69) is 5.32 Å². The van der Waals surface area contributed by atoms with Crippen LogP contribution in [0, 0.1) is 36.5 Å². The number of Topliss-reactive ketones (excluding diaryl/α,β-unsaturated/α-hetero) is 2. The molecule has 6 N–H and O–H groups in total. The van der Waals surface area contributed by atoms with Crippen molar-refractivity contribution < 1.29 is 44.7 Å². The highest BCUT2D eigenvalue weighted by Crippen LogP contribution is 2.35. The Morgan fingerprint density at radius 3 is 1.84 bits per heavy atom. The van der Waals surface area contributed by atoms with E-state index in [9.17, 15) is 44.7 Å². The maximum Gasteiger partial charge on any atom is 0.248 e. The smallest absolute Gasteiger partial charge is 0.248 e. The lowest BCUT2D eigenvalue weighted by atomic mass is 9.77. The van der Waals surface area contributed by atoms with Crippen LogP contribution in [-0.2, 0) is 4.79 Å². The molecule has 1 amide bonds. The SMILES string of the molecule is C/C1=C\[C@H](C)[C@H](O)[C@@H](C)[C@@H](O)[C@H](C)[C@H](O)[C@H](C)[C@@H](O)[C@@H](C)/C=C/C=C\C(=O)NC2=CC(=O)c3c(cc(C)c(O)c3C1=O)C2=O. The van der Waals surface area contributed by atoms with Crippen LogP contribution in [0.5, 0.6) is 5.75 Å². The topological polar surface area (TPSA) is 181 Å². The molecule has 4 bridgehead atoms. The van der Waals surface area contributed by atoms with Gasteiger partial charge in [0.15, 0.2) is 11.6 Å². The molecule has 0 saturated heterocycles. The molecule has 0 unspecified atom stereocenters. The predicted molar refractivity (Wildman–Crippen MR) is 164 cm³/mol. The summed E-state index contributed by atoms with van der Waals surface area (Å²) in [5, 5.41) is 57.4. The van der Waals surface area contributed by atoms with Crippen molar-refractivity contribution >= 4 is 23.3 Å². The molecule has 0 spiro atoms. The number of benzene rings is 1. The van der Waals surface area contributed by atoms with Gasteiger partial charge in [-0.1, -0.05) is 58.9 Å². The maximum absolute atomic E-state index is 13.7. The molecule has 238 valence electrons. The third kappa shape index (κ3) is 6.99. The average molecular weight is 610 g/mol. The third-order valence-corrected chi connectivity index (χ3v) is 8.94. The summed E-state index contributed by atoms with van der Waals surface area (Å²) in [6, 6.07) is 1.29. The summed E-state index contributed by atoms with van der Waals surface area (Å²) in [4.78, 5) is 52.8. The van der Waals surface area contributed by atoms with E-state index in [1.807, 2.05) is 0 Å². The van der Waals surface area contributed by atoms with Crippen LogP contribution >= 0.6 is 0 Å². The molecule has 1 aromatic rings. The van der Waals surface area contributed by atoms with Gasteiger partial charge in [-0.2, -0.15) is 0 Å². The van der Waals surface area contributed by atoms with E-state index in [1.165, 1.54) is 38.1 Å². The van der Waals surface area contributed by atoms with E-state index >= 15 is 0 Å². The Kier molecular flexibility index (Phi) is 11.0. The van der Waals surface area contributed by atoms with Crippen LogP contribution in [0.25, 0.3) is 0 Å². The fourth-order valence-electron chi connectivity index (χ4n) is 5.93. The summed E-state index contributed by atoms with van der Waals surface area (Å²) in [7, 11) is 0. The van der Waals surface area contributed by atoms with Gasteiger partial charge in [-0.3, -0.25) is 19.2 Å². The number of aliphatic hydroxyl groups is 4. The Bertz CT molecular complexity index is 1450. The standard InChI is InChI=1S/C34H43NO9/c1-15-10-8-9-11-25(37)35-23-14-24(36)26-22(34(23)44)13-18(4)31(41)27(26)30(40)17(3)12-16(2)29(39)20(6)33(43)21(7)32(42)19(5)28(15)38/h8-16,19-21,28-29,32-33,38-39,41-43H,1-7H3,(H,35,37)/b10-8+,11-9-,17-12+/t15-,16-,19+,20+,21+,28-,29-,32+,33+/m0/s1. The summed E-state index contributed by atoms with van der Waals surface area (Å²) in [5.74, 6) is -6.63. The number of ketones is 3. The highest BCUT2D eigenvalue weighted by Gasteiger charge is 2.38. The highest BCUT2D eigenvalue weighted by atomic mass is 16.3. The van der Waals surface area contributed by atoms with Crippen LogP contribution in [0.15, 0.2) is 53.8 Å². The number of hydrogen-bond donors (Lipinski definition) is 6. The minimum atomic E-state index is -1.17. The van der Waals surface area contributed by atoms with E-state index in [0.717, 1.165) is 12.2 Å². The molecule has 10 heteroatoms. The first-order valence-corrected chi connectivity index (χ1v) is 14.8. The third-order valence-electron chi connectivity index (χ3n) is 8.94. The first-order valence-electron chi connectivity index (χ1n) is 14.8. The van der Waals surface area contributed by atoms with Crippen molar-refractivity contribution in [1.82, 2.24) is 5.32 Å². The van der Waals surface area contributed by atoms with E-state index in [4.69, 9.17) is 0 Å². The number of nitrogens with one attached hydrogen (secondary N) is 1. The van der Waals surface area contributed by atoms with E-state index in [-0.39, 0.29) is 33.5 Å². The number of hydrogen-bond acceptors (Lipinski definition) is 9. The Labute approximate surface area is 257 Å². The summed E-state index contributed by atoms with van der Waals surface area (Å²) >= 11 is 0. The van der Waals surface area contributed by atoms with E-state index in [0.29, 0.717) is 0 Å². The van der Waals surface area contributed by atoms with Crippen molar-refractivity contribution in [3.8, 4) is 5.75 Å². The summed E-state index contributed by atoms with van der Waals surface area (Å²) in [6.45, 7) is 11.2. The van der Waals surface area contributed by atoms with Crippen molar-refractivity contribution in [2.24, 2.45) is 29.6 Å². The molecule has 4 rings (SSSR count). The van der Waals surface area contributed by atoms with Gasteiger partial charge in [0.2, 0.25) is 11.7 Å². The molecular weight excluding hydrogens is 566 g/mol. The van der Waals surface area contributed by atoms with Crippen molar-refractivity contribution in [3.05, 3.63) is 76.0 Å². The fraction of sp³-hybridized carbons (Fsp3) is 0.471. The first kappa shape index (κ1) is 34.8. The molecule has 10 nitrogen and oxygen atoms in total. The van der Waals surface area contributed by atoms with Crippen molar-refractivity contribution in [2.75, 3.05) is 0 Å². The monoisotopic (exact) mass is 609 g/mol. The number of fused-ring (bicyclic) bond motifs is 15. The molecule has 1 aromatic carbocycles. The molecule has 3 aliphatic rings. The number of phenols is 1. The lowest BCUT2D eigenvalue weighted by Gasteiger charge is -2.36. The van der Waals surface area contributed by atoms with Crippen molar-refractivity contribution in [2.45, 2.75) is 72.9 Å². The average Bonchev–Trinajstić information content (AvgIpc) is 2.98. The minimum Gasteiger partial charge on any atom is -0.507 e. The Hall–Kier alpha value is -3.70. The molecule has 2 aliphatic heterocycles. The van der Waals surface area contributed by atoms with Gasteiger partial charge in [0.05, 0.1) is 35.7 Å². The van der Waals surface area contributed by atoms with Gasteiger partial charge in [-0.05, 0) is 31.1 Å². The minimum absolute atomic E-state index is 0.0829. The Morgan fingerprint density at radius 2 is 1.25 bits per heavy atom. The van der Waals surface area contributed by atoms with Crippen LogP contribution in [0.4, 0.5) is 0 Å². The zero-order valence-corrected chi connectivity index (χ0v) is 26.1. The number of carbonyl (C=O) groups is 4. The second-order valence-electron chi connectivity index (χ2n) is 12.3. The maximum atomic E-state index is 13.7. The number of allylic oxidation sites excluding steroid dienone is 5. The van der Waals surface area contributed by atoms with E-state index < -0.39 is 83.0 Å². The fourth-order valence-corrected chi connectivity index (χ4v) is 5.93. The normalized spacial score (nSPS) is 35.4. The second kappa shape index (κ2) is 13.9. The molecule has 2 heterocycles. The molecule has 0 radical (unpaired) electrons. The largest absolute Gasteiger partial charge is 0.507 e. The zero-order chi connectivity index (χ0) is 33.2. The molecule has 1 aliphatic carbocycles. The number of aryl methyl sites for hydroxylation is 1. The van der Waals surface area contributed by atoms with Gasteiger partial charge in [-0.15, -0.1) is 0 Å². The summed E-state index contributed by atoms with van der Waals surface area (Å²) in [5.41, 5.74) is -0.819. The Morgan fingerprint density at radius 1 is 0.705 bits per heavy atom. The van der Waals surface area contributed by atoms with Crippen LogP contribution in [0.3, 0.4) is 0 Å².